The molecule has 0 aromatic carbocycles. The van der Waals surface area contributed by atoms with E-state index < -0.39 is 0 Å². The Hall–Kier alpha value is -1.02. The Labute approximate surface area is 157 Å². The third kappa shape index (κ3) is 5.25. The van der Waals surface area contributed by atoms with Gasteiger partial charge in [-0.1, -0.05) is 6.92 Å². The Morgan fingerprint density at radius 2 is 1.88 bits per heavy atom. The molecule has 0 unspecified atom stereocenters. The lowest BCUT2D eigenvalue weighted by Crippen LogP contribution is -2.37. The van der Waals surface area contributed by atoms with Crippen LogP contribution in [0.1, 0.15) is 56.6 Å². The molecule has 148 valence electrons. The van der Waals surface area contributed by atoms with Crippen molar-refractivity contribution in [3.05, 3.63) is 11.6 Å². The maximum atomic E-state index is 9.66. The minimum Gasteiger partial charge on any atom is -0.393 e. The van der Waals surface area contributed by atoms with E-state index in [1.54, 1.807) is 0 Å². The fourth-order valence-corrected chi connectivity index (χ4v) is 4.06. The smallest absolute Gasteiger partial charge is 0.146 e. The molecule has 7 nitrogen and oxygen atoms in total. The summed E-state index contributed by atoms with van der Waals surface area (Å²) in [5.74, 6) is 2.63. The predicted molar refractivity (Wildman–Crippen MR) is 101 cm³/mol. The highest BCUT2D eigenvalue weighted by Crippen LogP contribution is 2.26. The van der Waals surface area contributed by atoms with Gasteiger partial charge in [-0.2, -0.15) is 0 Å². The van der Waals surface area contributed by atoms with E-state index in [4.69, 9.17) is 4.74 Å². The van der Waals surface area contributed by atoms with E-state index in [2.05, 4.69) is 38.5 Å². The topological polar surface area (TPSA) is 66.7 Å². The zero-order chi connectivity index (χ0) is 18.4. The Bertz CT molecular complexity index is 542. The van der Waals surface area contributed by atoms with Crippen molar-refractivity contribution >= 4 is 0 Å². The molecule has 0 spiro atoms. The van der Waals surface area contributed by atoms with Gasteiger partial charge in [-0.25, -0.2) is 0 Å². The largest absolute Gasteiger partial charge is 0.393 e. The van der Waals surface area contributed by atoms with Gasteiger partial charge in [-0.15, -0.1) is 10.2 Å². The van der Waals surface area contributed by atoms with Crippen molar-refractivity contribution in [3.8, 4) is 0 Å². The minimum absolute atomic E-state index is 0.129. The van der Waals surface area contributed by atoms with Gasteiger partial charge in [-0.05, 0) is 38.6 Å². The highest BCUT2D eigenvalue weighted by Gasteiger charge is 2.26. The molecule has 7 heteroatoms. The van der Waals surface area contributed by atoms with Crippen LogP contribution in [0.4, 0.5) is 0 Å². The van der Waals surface area contributed by atoms with Gasteiger partial charge in [0.25, 0.3) is 0 Å². The van der Waals surface area contributed by atoms with Crippen LogP contribution in [-0.2, 0) is 18.3 Å². The molecule has 0 aliphatic carbocycles. The lowest BCUT2D eigenvalue weighted by Gasteiger charge is -2.32. The van der Waals surface area contributed by atoms with Gasteiger partial charge >= 0.3 is 0 Å². The number of aliphatic hydroxyl groups excluding tert-OH is 1. The molecule has 26 heavy (non-hydrogen) atoms. The van der Waals surface area contributed by atoms with Crippen LogP contribution < -0.4 is 0 Å². The molecule has 0 radical (unpaired) electrons. The highest BCUT2D eigenvalue weighted by molar-refractivity contribution is 5.04. The molecule has 1 atom stereocenters. The molecule has 2 aliphatic rings. The van der Waals surface area contributed by atoms with E-state index in [1.807, 2.05) is 0 Å². The molecule has 1 aromatic rings. The van der Waals surface area contributed by atoms with E-state index in [9.17, 15) is 5.11 Å². The fraction of sp³-hybridized carbons (Fsp3) is 0.895. The summed E-state index contributed by atoms with van der Waals surface area (Å²) < 4.78 is 7.85. The van der Waals surface area contributed by atoms with Crippen molar-refractivity contribution in [3.63, 3.8) is 0 Å². The molecule has 2 saturated heterocycles. The first-order chi connectivity index (χ1) is 12.7. The number of hydrogen-bond acceptors (Lipinski definition) is 6. The average Bonchev–Trinajstić information content (AvgIpc) is 3.01. The molecule has 1 N–H and O–H groups in total. The third-order valence-electron chi connectivity index (χ3n) is 5.69. The molecular weight excluding hydrogens is 330 g/mol. The molecule has 0 saturated carbocycles. The van der Waals surface area contributed by atoms with Crippen LogP contribution in [0.25, 0.3) is 0 Å². The second kappa shape index (κ2) is 9.78. The Morgan fingerprint density at radius 3 is 2.65 bits per heavy atom. The normalized spacial score (nSPS) is 23.6. The molecule has 0 amide bonds. The summed E-state index contributed by atoms with van der Waals surface area (Å²) >= 11 is 0. The van der Waals surface area contributed by atoms with Gasteiger partial charge in [-0.3, -0.25) is 4.90 Å². The van der Waals surface area contributed by atoms with Gasteiger partial charge < -0.3 is 19.3 Å². The molecule has 2 aliphatic heterocycles. The van der Waals surface area contributed by atoms with Crippen molar-refractivity contribution in [2.24, 2.45) is 7.05 Å². The molecule has 3 heterocycles. The average molecular weight is 366 g/mol. The summed E-state index contributed by atoms with van der Waals surface area (Å²) in [6.07, 6.45) is 5.08. The SMILES string of the molecule is CCCOCCN1CCC[C@H](c2nnc(CN3CCC(O)CC3)n2C)C1. The Morgan fingerprint density at radius 1 is 1.08 bits per heavy atom. The number of aliphatic hydroxyl groups is 1. The minimum atomic E-state index is -0.129. The molecule has 1 aromatic heterocycles. The van der Waals surface area contributed by atoms with Crippen molar-refractivity contribution in [2.45, 2.75) is 57.6 Å². The number of nitrogens with zero attached hydrogens (tertiary/aromatic N) is 5. The first kappa shape index (κ1) is 19.7. The van der Waals surface area contributed by atoms with Crippen LogP contribution in [0.2, 0.25) is 0 Å². The maximum Gasteiger partial charge on any atom is 0.146 e. The molecular formula is C19H35N5O2. The third-order valence-corrected chi connectivity index (χ3v) is 5.69. The summed E-state index contributed by atoms with van der Waals surface area (Å²) in [5, 5.41) is 18.7. The standard InChI is InChI=1S/C19H35N5O2/c1-3-12-26-13-11-23-8-4-5-16(14-23)19-21-20-18(22(19)2)15-24-9-6-17(25)7-10-24/h16-17,25H,3-15H2,1-2H3/t16-/m0/s1. The van der Waals surface area contributed by atoms with E-state index in [1.165, 1.54) is 12.8 Å². The quantitative estimate of drug-likeness (QED) is 0.702. The van der Waals surface area contributed by atoms with Gasteiger partial charge in [0.1, 0.15) is 11.6 Å². The number of piperidine rings is 2. The van der Waals surface area contributed by atoms with E-state index in [0.29, 0.717) is 5.92 Å². The van der Waals surface area contributed by atoms with Gasteiger partial charge in [0.2, 0.25) is 0 Å². The maximum absolute atomic E-state index is 9.66. The Kier molecular flexibility index (Phi) is 7.42. The van der Waals surface area contributed by atoms with Crippen molar-refractivity contribution < 1.29 is 9.84 Å². The first-order valence-corrected chi connectivity index (χ1v) is 10.3. The van der Waals surface area contributed by atoms with E-state index >= 15 is 0 Å². The van der Waals surface area contributed by atoms with E-state index in [-0.39, 0.29) is 6.10 Å². The fourth-order valence-electron chi connectivity index (χ4n) is 4.06. The molecule has 2 fully saturated rings. The summed E-state index contributed by atoms with van der Waals surface area (Å²) in [4.78, 5) is 4.88. The van der Waals surface area contributed by atoms with E-state index in [0.717, 1.165) is 83.4 Å². The summed E-state index contributed by atoms with van der Waals surface area (Å²) in [7, 11) is 2.10. The van der Waals surface area contributed by atoms with Crippen LogP contribution in [0.15, 0.2) is 0 Å². The number of hydrogen-bond donors (Lipinski definition) is 1. The van der Waals surface area contributed by atoms with Crippen molar-refractivity contribution in [2.75, 3.05) is 45.9 Å². The lowest BCUT2D eigenvalue weighted by atomic mass is 9.97. The van der Waals surface area contributed by atoms with Crippen LogP contribution in [0.3, 0.4) is 0 Å². The molecule has 3 rings (SSSR count). The summed E-state index contributed by atoms with van der Waals surface area (Å²) in [6.45, 7) is 9.77. The number of rotatable bonds is 8. The number of aromatic nitrogens is 3. The lowest BCUT2D eigenvalue weighted by molar-refractivity contribution is 0.0775. The van der Waals surface area contributed by atoms with Gasteiger partial charge in [0, 0.05) is 45.8 Å². The monoisotopic (exact) mass is 365 g/mol. The summed E-state index contributed by atoms with van der Waals surface area (Å²) in [6, 6.07) is 0. The van der Waals surface area contributed by atoms with Crippen LogP contribution >= 0.6 is 0 Å². The zero-order valence-electron chi connectivity index (χ0n) is 16.4. The number of likely N-dealkylation sites (tertiary alicyclic amines) is 2. The second-order valence-electron chi connectivity index (χ2n) is 7.79. The van der Waals surface area contributed by atoms with Crippen molar-refractivity contribution in [1.29, 1.82) is 0 Å². The predicted octanol–water partition coefficient (Wildman–Crippen LogP) is 1.38. The number of ether oxygens (including phenoxy) is 1. The highest BCUT2D eigenvalue weighted by atomic mass is 16.5. The van der Waals surface area contributed by atoms with Crippen LogP contribution in [0.5, 0.6) is 0 Å². The zero-order valence-corrected chi connectivity index (χ0v) is 16.4. The first-order valence-electron chi connectivity index (χ1n) is 10.3. The van der Waals surface area contributed by atoms with Gasteiger partial charge in [0.15, 0.2) is 0 Å². The van der Waals surface area contributed by atoms with Gasteiger partial charge in [0.05, 0.1) is 19.3 Å². The van der Waals surface area contributed by atoms with Crippen LogP contribution in [-0.4, -0.2) is 81.7 Å². The molecule has 0 bridgehead atoms. The van der Waals surface area contributed by atoms with Crippen LogP contribution in [0, 0.1) is 0 Å². The summed E-state index contributed by atoms with van der Waals surface area (Å²) in [5.41, 5.74) is 0. The Balaban J connectivity index is 1.53. The van der Waals surface area contributed by atoms with Crippen molar-refractivity contribution in [1.82, 2.24) is 24.6 Å². The second-order valence-corrected chi connectivity index (χ2v) is 7.79.